The van der Waals surface area contributed by atoms with E-state index in [1.165, 1.54) is 36.8 Å². The molecule has 1 aliphatic carbocycles. The van der Waals surface area contributed by atoms with Gasteiger partial charge in [-0.2, -0.15) is 5.10 Å². The van der Waals surface area contributed by atoms with E-state index in [0.29, 0.717) is 12.5 Å². The highest BCUT2D eigenvalue weighted by Gasteiger charge is 2.21. The van der Waals surface area contributed by atoms with Crippen LogP contribution in [0.3, 0.4) is 0 Å². The summed E-state index contributed by atoms with van der Waals surface area (Å²) in [5.74, 6) is 1.62. The van der Waals surface area contributed by atoms with Crippen molar-refractivity contribution in [2.24, 2.45) is 0 Å². The van der Waals surface area contributed by atoms with E-state index < -0.39 is 0 Å². The van der Waals surface area contributed by atoms with Crippen LogP contribution in [0.1, 0.15) is 54.2 Å². The van der Waals surface area contributed by atoms with Gasteiger partial charge in [-0.3, -0.25) is 4.98 Å². The maximum Gasteiger partial charge on any atom is 0.186 e. The first-order chi connectivity index (χ1) is 17.6. The molecule has 36 heavy (non-hydrogen) atoms. The minimum atomic E-state index is 0.704. The van der Waals surface area contributed by atoms with E-state index >= 15 is 0 Å². The van der Waals surface area contributed by atoms with E-state index in [4.69, 9.17) is 9.97 Å². The largest absolute Gasteiger partial charge is 0.340 e. The summed E-state index contributed by atoms with van der Waals surface area (Å²) in [6, 6.07) is 19.0. The third-order valence-electron chi connectivity index (χ3n) is 7.16. The first-order valence-corrected chi connectivity index (χ1v) is 12.7. The van der Waals surface area contributed by atoms with Gasteiger partial charge < -0.3 is 9.79 Å². The van der Waals surface area contributed by atoms with E-state index in [9.17, 15) is 0 Å². The monoisotopic (exact) mass is 475 g/mol. The molecule has 0 atom stereocenters. The quantitative estimate of drug-likeness (QED) is 0.346. The third kappa shape index (κ3) is 4.56. The summed E-state index contributed by atoms with van der Waals surface area (Å²) in [5, 5.41) is 4.31. The van der Waals surface area contributed by atoms with Gasteiger partial charge in [0.25, 0.3) is 0 Å². The lowest BCUT2D eigenvalue weighted by atomic mass is 9.92. The van der Waals surface area contributed by atoms with Gasteiger partial charge in [0.2, 0.25) is 0 Å². The van der Waals surface area contributed by atoms with Gasteiger partial charge in [-0.15, -0.1) is 0 Å². The predicted molar refractivity (Wildman–Crippen MR) is 144 cm³/mol. The summed E-state index contributed by atoms with van der Waals surface area (Å²) in [6.45, 7) is 3.61. The lowest BCUT2D eigenvalue weighted by Gasteiger charge is -2.21. The van der Waals surface area contributed by atoms with Gasteiger partial charge in [-0.05, 0) is 61.1 Å². The zero-order valence-corrected chi connectivity index (χ0v) is 20.9. The minimum Gasteiger partial charge on any atom is -0.340 e. The molecule has 180 valence electrons. The fourth-order valence-electron chi connectivity index (χ4n) is 5.45. The first-order valence-electron chi connectivity index (χ1n) is 12.7. The molecule has 7 nitrogen and oxygen atoms in total. The summed E-state index contributed by atoms with van der Waals surface area (Å²) in [4.78, 5) is 20.0. The molecule has 1 N–H and O–H groups in total. The maximum atomic E-state index is 5.04. The Kier molecular flexibility index (Phi) is 6.11. The molecule has 0 spiro atoms. The molecule has 0 saturated heterocycles. The Bertz CT molecular complexity index is 1500. The van der Waals surface area contributed by atoms with Crippen LogP contribution in [-0.2, 0) is 13.1 Å². The Balaban J connectivity index is 1.31. The molecule has 0 bridgehead atoms. The van der Waals surface area contributed by atoms with Crippen LogP contribution in [0.5, 0.6) is 0 Å². The van der Waals surface area contributed by atoms with Crippen LogP contribution in [0, 0.1) is 6.92 Å². The van der Waals surface area contributed by atoms with Crippen molar-refractivity contribution in [2.75, 3.05) is 0 Å². The van der Waals surface area contributed by atoms with Gasteiger partial charge in [0.05, 0.1) is 11.4 Å². The number of imidazole rings is 1. The summed E-state index contributed by atoms with van der Waals surface area (Å²) >= 11 is 0. The number of benzene rings is 1. The van der Waals surface area contributed by atoms with E-state index in [0.717, 1.165) is 46.4 Å². The molecule has 1 aliphatic rings. The summed E-state index contributed by atoms with van der Waals surface area (Å²) in [7, 11) is 2.17. The van der Waals surface area contributed by atoms with Crippen LogP contribution < -0.4 is 0 Å². The first kappa shape index (κ1) is 22.7. The fraction of sp³-hybridized carbons (Fsp3) is 0.286. The van der Waals surface area contributed by atoms with Crippen LogP contribution in [-0.4, -0.2) is 42.3 Å². The minimum absolute atomic E-state index is 0.704. The zero-order chi connectivity index (χ0) is 24.5. The van der Waals surface area contributed by atoms with Crippen molar-refractivity contribution >= 4 is 13.6 Å². The Labute approximate surface area is 212 Å². The topological polar surface area (TPSA) is 75.0 Å². The standard InChI is InChI=1S/C28H30BN7/c1-19-7-6-12-24(32-19)28-27(22-13-14-26-30-18-31-36(26)16-22)33-25(34-28)17-35(29)15-21-10-4-5-11-23(21)20-8-2-3-9-20/h4-7,10-14,16,18,20H,2-3,8-9,15,17,29H2,1H3,(H,33,34). The second kappa shape index (κ2) is 9.70. The molecule has 6 rings (SSSR count). The van der Waals surface area contributed by atoms with Crippen molar-refractivity contribution in [3.8, 4) is 22.6 Å². The third-order valence-corrected chi connectivity index (χ3v) is 7.16. The van der Waals surface area contributed by atoms with Crippen molar-refractivity contribution < 1.29 is 0 Å². The van der Waals surface area contributed by atoms with E-state index in [2.05, 4.69) is 58.2 Å². The summed E-state index contributed by atoms with van der Waals surface area (Å²) in [5.41, 5.74) is 8.39. The van der Waals surface area contributed by atoms with Gasteiger partial charge in [-0.1, -0.05) is 43.2 Å². The number of aromatic nitrogens is 6. The van der Waals surface area contributed by atoms with E-state index in [1.807, 2.05) is 37.4 Å². The maximum absolute atomic E-state index is 5.04. The molecule has 1 fully saturated rings. The normalized spacial score (nSPS) is 14.3. The lowest BCUT2D eigenvalue weighted by Crippen LogP contribution is -2.21. The second-order valence-corrected chi connectivity index (χ2v) is 9.90. The van der Waals surface area contributed by atoms with Crippen LogP contribution in [0.2, 0.25) is 0 Å². The molecule has 1 saturated carbocycles. The van der Waals surface area contributed by atoms with Gasteiger partial charge in [0.15, 0.2) is 13.6 Å². The molecule has 8 heteroatoms. The average Bonchev–Trinajstić information content (AvgIpc) is 3.65. The Morgan fingerprint density at radius 2 is 1.86 bits per heavy atom. The van der Waals surface area contributed by atoms with Crippen molar-refractivity contribution in [1.82, 2.24) is 34.4 Å². The van der Waals surface area contributed by atoms with Gasteiger partial charge in [-0.25, -0.2) is 14.5 Å². The molecule has 0 radical (unpaired) electrons. The molecule has 0 unspecified atom stereocenters. The summed E-state index contributed by atoms with van der Waals surface area (Å²) < 4.78 is 1.79. The number of nitrogens with zero attached hydrogens (tertiary/aromatic N) is 6. The molecule has 5 aromatic rings. The highest BCUT2D eigenvalue weighted by molar-refractivity contribution is 6.04. The SMILES string of the molecule is BN(Cc1nc(-c2cccc(C)n2)c(-c2ccc3ncnn3c2)[nH]1)Cc1ccccc1C1CCCC1. The molecule has 1 aromatic carbocycles. The van der Waals surface area contributed by atoms with Crippen molar-refractivity contribution in [2.45, 2.75) is 51.6 Å². The van der Waals surface area contributed by atoms with Crippen molar-refractivity contribution in [3.63, 3.8) is 0 Å². The number of hydrogen-bond donors (Lipinski definition) is 1. The van der Waals surface area contributed by atoms with Gasteiger partial charge in [0.1, 0.15) is 17.8 Å². The van der Waals surface area contributed by atoms with Crippen molar-refractivity contribution in [1.29, 1.82) is 0 Å². The summed E-state index contributed by atoms with van der Waals surface area (Å²) in [6.07, 6.45) is 8.87. The van der Waals surface area contributed by atoms with Crippen LogP contribution in [0.25, 0.3) is 28.3 Å². The highest BCUT2D eigenvalue weighted by Crippen LogP contribution is 2.36. The van der Waals surface area contributed by atoms with Crippen LogP contribution in [0.4, 0.5) is 0 Å². The number of rotatable bonds is 7. The Morgan fingerprint density at radius 1 is 1.00 bits per heavy atom. The number of pyridine rings is 2. The number of aromatic amines is 1. The molecule has 0 aliphatic heterocycles. The van der Waals surface area contributed by atoms with Gasteiger partial charge in [0, 0.05) is 30.5 Å². The number of hydrogen-bond acceptors (Lipinski definition) is 5. The Hall–Kier alpha value is -3.78. The van der Waals surface area contributed by atoms with E-state index in [-0.39, 0.29) is 0 Å². The fourth-order valence-corrected chi connectivity index (χ4v) is 5.45. The highest BCUT2D eigenvalue weighted by atomic mass is 15.3. The smallest absolute Gasteiger partial charge is 0.186 e. The van der Waals surface area contributed by atoms with Gasteiger partial charge >= 0.3 is 0 Å². The molecule has 0 amide bonds. The molecular weight excluding hydrogens is 445 g/mol. The Morgan fingerprint density at radius 3 is 2.72 bits per heavy atom. The van der Waals surface area contributed by atoms with Crippen LogP contribution >= 0.6 is 0 Å². The zero-order valence-electron chi connectivity index (χ0n) is 20.9. The predicted octanol–water partition coefficient (Wildman–Crippen LogP) is 4.70. The number of nitrogens with one attached hydrogen (secondary N) is 1. The van der Waals surface area contributed by atoms with Crippen molar-refractivity contribution in [3.05, 3.63) is 89.8 Å². The average molecular weight is 475 g/mol. The number of aryl methyl sites for hydroxylation is 1. The molecule has 4 aromatic heterocycles. The molecule has 4 heterocycles. The lowest BCUT2D eigenvalue weighted by molar-refractivity contribution is 0.429. The molecular formula is C28H30BN7. The van der Waals surface area contributed by atoms with Crippen LogP contribution in [0.15, 0.2) is 67.1 Å². The number of fused-ring (bicyclic) bond motifs is 1. The second-order valence-electron chi connectivity index (χ2n) is 9.90. The number of H-pyrrole nitrogens is 1. The van der Waals surface area contributed by atoms with E-state index in [1.54, 1.807) is 10.8 Å².